The highest BCUT2D eigenvalue weighted by atomic mass is 79.9. The summed E-state index contributed by atoms with van der Waals surface area (Å²) in [5, 5.41) is 0. The van der Waals surface area contributed by atoms with Crippen molar-refractivity contribution in [1.82, 2.24) is 0 Å². The molecular formula is C13H10BrNO3. The van der Waals surface area contributed by atoms with Gasteiger partial charge in [-0.15, -0.1) is 0 Å². The number of ether oxygens (including phenoxy) is 3. The third-order valence-electron chi connectivity index (χ3n) is 2.54. The molecule has 0 bridgehead atoms. The standard InChI is InChI=1S/C13H10BrNO3/c14-8-1-3-11(10(15)5-8)18-9-2-4-12-13(6-9)17-7-16-12/h1-6H,7,15H2. The van der Waals surface area contributed by atoms with Crippen LogP contribution in [0.3, 0.4) is 0 Å². The van der Waals surface area contributed by atoms with Crippen molar-refractivity contribution in [1.29, 1.82) is 0 Å². The molecule has 4 nitrogen and oxygen atoms in total. The number of anilines is 1. The molecule has 0 atom stereocenters. The van der Waals surface area contributed by atoms with Crippen LogP contribution in [0, 0.1) is 0 Å². The molecule has 18 heavy (non-hydrogen) atoms. The summed E-state index contributed by atoms with van der Waals surface area (Å²) in [6, 6.07) is 10.9. The van der Waals surface area contributed by atoms with Crippen LogP contribution in [-0.4, -0.2) is 6.79 Å². The maximum atomic E-state index is 5.87. The molecule has 92 valence electrons. The zero-order valence-electron chi connectivity index (χ0n) is 9.35. The van der Waals surface area contributed by atoms with Gasteiger partial charge in [0.05, 0.1) is 5.69 Å². The first-order chi connectivity index (χ1) is 8.72. The van der Waals surface area contributed by atoms with E-state index in [0.29, 0.717) is 22.9 Å². The highest BCUT2D eigenvalue weighted by Crippen LogP contribution is 2.37. The number of halogens is 1. The fraction of sp³-hybridized carbons (Fsp3) is 0.0769. The Morgan fingerprint density at radius 2 is 1.89 bits per heavy atom. The number of hydrogen-bond acceptors (Lipinski definition) is 4. The molecule has 0 spiro atoms. The second kappa shape index (κ2) is 4.42. The third kappa shape index (κ3) is 2.09. The lowest BCUT2D eigenvalue weighted by atomic mass is 10.3. The van der Waals surface area contributed by atoms with Crippen molar-refractivity contribution in [3.8, 4) is 23.0 Å². The molecule has 0 amide bonds. The highest BCUT2D eigenvalue weighted by Gasteiger charge is 2.14. The summed E-state index contributed by atoms with van der Waals surface area (Å²) in [6.07, 6.45) is 0. The summed E-state index contributed by atoms with van der Waals surface area (Å²) in [4.78, 5) is 0. The molecule has 0 saturated heterocycles. The van der Waals surface area contributed by atoms with Gasteiger partial charge in [0.1, 0.15) is 11.5 Å². The minimum absolute atomic E-state index is 0.249. The van der Waals surface area contributed by atoms with Crippen LogP contribution in [0.4, 0.5) is 5.69 Å². The smallest absolute Gasteiger partial charge is 0.231 e. The Morgan fingerprint density at radius 1 is 1.06 bits per heavy atom. The van der Waals surface area contributed by atoms with E-state index < -0.39 is 0 Å². The van der Waals surface area contributed by atoms with Gasteiger partial charge in [-0.2, -0.15) is 0 Å². The first-order valence-electron chi connectivity index (χ1n) is 5.35. The average molecular weight is 308 g/mol. The fourth-order valence-corrected chi connectivity index (χ4v) is 2.06. The van der Waals surface area contributed by atoms with Crippen molar-refractivity contribution in [3.05, 3.63) is 40.9 Å². The number of rotatable bonds is 2. The monoisotopic (exact) mass is 307 g/mol. The first kappa shape index (κ1) is 11.2. The van der Waals surface area contributed by atoms with Gasteiger partial charge in [-0.05, 0) is 30.3 Å². The van der Waals surface area contributed by atoms with Crippen LogP contribution in [-0.2, 0) is 0 Å². The molecule has 0 unspecified atom stereocenters. The molecule has 2 aromatic rings. The van der Waals surface area contributed by atoms with E-state index in [4.69, 9.17) is 19.9 Å². The van der Waals surface area contributed by atoms with Gasteiger partial charge in [-0.25, -0.2) is 0 Å². The van der Waals surface area contributed by atoms with Crippen LogP contribution in [0.15, 0.2) is 40.9 Å². The predicted octanol–water partition coefficient (Wildman–Crippen LogP) is 3.55. The number of nitrogens with two attached hydrogens (primary N) is 1. The second-order valence-corrected chi connectivity index (χ2v) is 4.71. The van der Waals surface area contributed by atoms with Gasteiger partial charge in [0.25, 0.3) is 0 Å². The van der Waals surface area contributed by atoms with Crippen molar-refractivity contribution in [3.63, 3.8) is 0 Å². The second-order valence-electron chi connectivity index (χ2n) is 3.80. The molecular weight excluding hydrogens is 298 g/mol. The van der Waals surface area contributed by atoms with Crippen LogP contribution in [0.2, 0.25) is 0 Å². The fourth-order valence-electron chi connectivity index (χ4n) is 1.68. The maximum Gasteiger partial charge on any atom is 0.231 e. The lowest BCUT2D eigenvalue weighted by Gasteiger charge is -2.09. The third-order valence-corrected chi connectivity index (χ3v) is 3.04. The molecule has 0 saturated carbocycles. The maximum absolute atomic E-state index is 5.87. The van der Waals surface area contributed by atoms with E-state index in [1.807, 2.05) is 24.3 Å². The lowest BCUT2D eigenvalue weighted by Crippen LogP contribution is -1.93. The molecule has 0 aliphatic carbocycles. The Hall–Kier alpha value is -1.88. The van der Waals surface area contributed by atoms with Gasteiger partial charge < -0.3 is 19.9 Å². The van der Waals surface area contributed by atoms with E-state index in [-0.39, 0.29) is 6.79 Å². The molecule has 2 aromatic carbocycles. The van der Waals surface area contributed by atoms with E-state index in [1.54, 1.807) is 12.1 Å². The molecule has 1 aliphatic rings. The van der Waals surface area contributed by atoms with Gasteiger partial charge in [-0.3, -0.25) is 0 Å². The van der Waals surface area contributed by atoms with Crippen molar-refractivity contribution in [2.45, 2.75) is 0 Å². The summed E-state index contributed by atoms with van der Waals surface area (Å²) in [7, 11) is 0. The Labute approximate surface area is 112 Å². The SMILES string of the molecule is Nc1cc(Br)ccc1Oc1ccc2c(c1)OCO2. The Balaban J connectivity index is 1.88. The van der Waals surface area contributed by atoms with Crippen molar-refractivity contribution in [2.24, 2.45) is 0 Å². The van der Waals surface area contributed by atoms with Gasteiger partial charge >= 0.3 is 0 Å². The van der Waals surface area contributed by atoms with Gasteiger partial charge in [0.15, 0.2) is 11.5 Å². The minimum atomic E-state index is 0.249. The van der Waals surface area contributed by atoms with Crippen molar-refractivity contribution in [2.75, 3.05) is 12.5 Å². The molecule has 3 rings (SSSR count). The number of fused-ring (bicyclic) bond motifs is 1. The number of benzene rings is 2. The Bertz CT molecular complexity index is 601. The zero-order valence-corrected chi connectivity index (χ0v) is 10.9. The van der Waals surface area contributed by atoms with Gasteiger partial charge in [-0.1, -0.05) is 15.9 Å². The van der Waals surface area contributed by atoms with Crippen molar-refractivity contribution < 1.29 is 14.2 Å². The van der Waals surface area contributed by atoms with Gasteiger partial charge in [0.2, 0.25) is 6.79 Å². The van der Waals surface area contributed by atoms with E-state index in [2.05, 4.69) is 15.9 Å². The van der Waals surface area contributed by atoms with Crippen molar-refractivity contribution >= 4 is 21.6 Å². The molecule has 1 heterocycles. The lowest BCUT2D eigenvalue weighted by molar-refractivity contribution is 0.174. The largest absolute Gasteiger partial charge is 0.455 e. The molecule has 1 aliphatic heterocycles. The van der Waals surface area contributed by atoms with E-state index in [1.165, 1.54) is 0 Å². The first-order valence-corrected chi connectivity index (χ1v) is 6.14. The van der Waals surface area contributed by atoms with E-state index >= 15 is 0 Å². The van der Waals surface area contributed by atoms with Crippen LogP contribution < -0.4 is 19.9 Å². The van der Waals surface area contributed by atoms with Crippen LogP contribution in [0.25, 0.3) is 0 Å². The predicted molar refractivity (Wildman–Crippen MR) is 71.2 cm³/mol. The normalized spacial score (nSPS) is 12.5. The Kier molecular flexibility index (Phi) is 2.76. The highest BCUT2D eigenvalue weighted by molar-refractivity contribution is 9.10. The molecule has 0 aromatic heterocycles. The molecule has 0 radical (unpaired) electrons. The average Bonchev–Trinajstić information content (AvgIpc) is 2.80. The van der Waals surface area contributed by atoms with Crippen LogP contribution in [0.5, 0.6) is 23.0 Å². The summed E-state index contributed by atoms with van der Waals surface area (Å²) in [5.74, 6) is 2.68. The summed E-state index contributed by atoms with van der Waals surface area (Å²) in [6.45, 7) is 0.249. The quantitative estimate of drug-likeness (QED) is 0.862. The number of nitrogen functional groups attached to an aromatic ring is 1. The number of hydrogen-bond donors (Lipinski definition) is 1. The van der Waals surface area contributed by atoms with E-state index in [9.17, 15) is 0 Å². The molecule has 0 fully saturated rings. The summed E-state index contributed by atoms with van der Waals surface area (Å²) in [5.41, 5.74) is 6.44. The van der Waals surface area contributed by atoms with Gasteiger partial charge in [0, 0.05) is 10.5 Å². The topological polar surface area (TPSA) is 53.7 Å². The minimum Gasteiger partial charge on any atom is -0.455 e. The Morgan fingerprint density at radius 3 is 2.72 bits per heavy atom. The molecule has 2 N–H and O–H groups in total. The van der Waals surface area contributed by atoms with Crippen LogP contribution >= 0.6 is 15.9 Å². The van der Waals surface area contributed by atoms with Crippen LogP contribution in [0.1, 0.15) is 0 Å². The molecule has 5 heteroatoms. The summed E-state index contributed by atoms with van der Waals surface area (Å²) < 4.78 is 17.1. The summed E-state index contributed by atoms with van der Waals surface area (Å²) >= 11 is 3.35. The zero-order chi connectivity index (χ0) is 12.5. The van der Waals surface area contributed by atoms with E-state index in [0.717, 1.165) is 10.2 Å².